The van der Waals surface area contributed by atoms with Gasteiger partial charge in [0.15, 0.2) is 6.29 Å². The van der Waals surface area contributed by atoms with Gasteiger partial charge in [-0.2, -0.15) is 0 Å². The number of aliphatic hydroxyl groups is 5. The Bertz CT molecular complexity index is 1060. The zero-order valence-electron chi connectivity index (χ0n) is 37.7. The zero-order chi connectivity index (χ0) is 43.0. The first-order valence-corrected chi connectivity index (χ1v) is 24.4. The van der Waals surface area contributed by atoms with Gasteiger partial charge in [0.1, 0.15) is 24.4 Å². The molecule has 9 heteroatoms. The summed E-state index contributed by atoms with van der Waals surface area (Å²) >= 11 is 0. The van der Waals surface area contributed by atoms with E-state index in [0.29, 0.717) is 6.42 Å². The molecule has 7 atom stereocenters. The summed E-state index contributed by atoms with van der Waals surface area (Å²) in [4.78, 5) is 13.0. The SMILES string of the molecule is CCCCCC/C=C/CC/C=C/CC/C=C/C(O)C(COC1OC(CO)C(O)C(O)C1O)NC(=O)CCCCCCCCC/C=C\CCCCCCCCCCCCC. The van der Waals surface area contributed by atoms with Crippen LogP contribution in [-0.2, 0) is 14.3 Å². The summed E-state index contributed by atoms with van der Waals surface area (Å²) in [6.45, 7) is 3.73. The molecule has 1 saturated heterocycles. The molecule has 1 heterocycles. The van der Waals surface area contributed by atoms with Crippen molar-refractivity contribution in [3.63, 3.8) is 0 Å². The van der Waals surface area contributed by atoms with E-state index in [2.05, 4.69) is 55.6 Å². The van der Waals surface area contributed by atoms with Crippen LogP contribution in [0.5, 0.6) is 0 Å². The summed E-state index contributed by atoms with van der Waals surface area (Å²) in [5.74, 6) is -0.197. The molecule has 1 aliphatic rings. The molecule has 1 fully saturated rings. The van der Waals surface area contributed by atoms with Crippen molar-refractivity contribution in [1.29, 1.82) is 0 Å². The van der Waals surface area contributed by atoms with Crippen molar-refractivity contribution in [2.24, 2.45) is 0 Å². The van der Waals surface area contributed by atoms with Crippen LogP contribution in [0.15, 0.2) is 48.6 Å². The number of carbonyl (C=O) groups is 1. The Hall–Kier alpha value is -1.85. The molecular formula is C50H91NO8. The summed E-state index contributed by atoms with van der Waals surface area (Å²) in [6.07, 6.45) is 44.5. The van der Waals surface area contributed by atoms with Crippen molar-refractivity contribution in [1.82, 2.24) is 5.32 Å². The standard InChI is InChI=1S/C50H91NO8/c1-3-5-7-9-11-13-15-17-19-20-21-22-23-24-25-26-28-30-32-34-36-38-40-46(54)51-43(42-58-50-49(57)48(56)47(55)45(41-52)59-50)44(53)39-37-35-33-31-29-27-18-16-14-12-10-8-6-4-2/h14,16,23-24,29,31,37,39,43-45,47-50,52-53,55-57H,3-13,15,17-22,25-28,30,32-36,38,40-42H2,1-2H3,(H,51,54)/b16-14+,24-23-,31-29+,39-37+. The Balaban J connectivity index is 2.32. The number of ether oxygens (including phenoxy) is 2. The molecule has 0 aromatic rings. The Kier molecular flexibility index (Phi) is 37.6. The Morgan fingerprint density at radius 1 is 0.559 bits per heavy atom. The van der Waals surface area contributed by atoms with Crippen LogP contribution in [0.1, 0.15) is 206 Å². The number of nitrogens with one attached hydrogen (secondary N) is 1. The molecule has 0 aliphatic carbocycles. The summed E-state index contributed by atoms with van der Waals surface area (Å²) < 4.78 is 11.2. The third-order valence-corrected chi connectivity index (χ3v) is 11.4. The van der Waals surface area contributed by atoms with E-state index < -0.39 is 49.5 Å². The molecule has 0 bridgehead atoms. The Morgan fingerprint density at radius 3 is 1.44 bits per heavy atom. The van der Waals surface area contributed by atoms with E-state index >= 15 is 0 Å². The molecule has 0 aromatic heterocycles. The molecule has 1 rings (SSSR count). The largest absolute Gasteiger partial charge is 0.394 e. The third-order valence-electron chi connectivity index (χ3n) is 11.4. The highest BCUT2D eigenvalue weighted by molar-refractivity contribution is 5.76. The zero-order valence-corrected chi connectivity index (χ0v) is 37.7. The van der Waals surface area contributed by atoms with Gasteiger partial charge in [-0.1, -0.05) is 178 Å². The molecule has 59 heavy (non-hydrogen) atoms. The molecule has 0 radical (unpaired) electrons. The lowest BCUT2D eigenvalue weighted by Gasteiger charge is -2.40. The van der Waals surface area contributed by atoms with Crippen molar-refractivity contribution < 1.29 is 39.8 Å². The Morgan fingerprint density at radius 2 is 0.966 bits per heavy atom. The maximum absolute atomic E-state index is 13.0. The lowest BCUT2D eigenvalue weighted by atomic mass is 9.99. The predicted octanol–water partition coefficient (Wildman–Crippen LogP) is 10.6. The average Bonchev–Trinajstić information content (AvgIpc) is 3.23. The normalized spacial score (nSPS) is 21.1. The van der Waals surface area contributed by atoms with E-state index in [1.54, 1.807) is 6.08 Å². The van der Waals surface area contributed by atoms with Crippen molar-refractivity contribution in [3.05, 3.63) is 48.6 Å². The van der Waals surface area contributed by atoms with Crippen molar-refractivity contribution in [3.8, 4) is 0 Å². The highest BCUT2D eigenvalue weighted by atomic mass is 16.7. The van der Waals surface area contributed by atoms with E-state index in [-0.39, 0.29) is 12.5 Å². The summed E-state index contributed by atoms with van der Waals surface area (Å²) in [5.41, 5.74) is 0. The van der Waals surface area contributed by atoms with Gasteiger partial charge in [0, 0.05) is 6.42 Å². The van der Waals surface area contributed by atoms with E-state index in [9.17, 15) is 30.3 Å². The molecule has 1 aliphatic heterocycles. The number of aliphatic hydroxyl groups excluding tert-OH is 5. The lowest BCUT2D eigenvalue weighted by Crippen LogP contribution is -2.60. The molecule has 0 saturated carbocycles. The highest BCUT2D eigenvalue weighted by Crippen LogP contribution is 2.22. The van der Waals surface area contributed by atoms with Crippen LogP contribution in [0, 0.1) is 0 Å². The minimum Gasteiger partial charge on any atom is -0.394 e. The quantitative estimate of drug-likeness (QED) is 0.0264. The van der Waals surface area contributed by atoms with Crippen LogP contribution < -0.4 is 5.32 Å². The maximum atomic E-state index is 13.0. The van der Waals surface area contributed by atoms with Gasteiger partial charge in [0.05, 0.1) is 25.4 Å². The van der Waals surface area contributed by atoms with Crippen LogP contribution in [0.2, 0.25) is 0 Å². The fraction of sp³-hybridized carbons (Fsp3) is 0.820. The topological polar surface area (TPSA) is 149 Å². The van der Waals surface area contributed by atoms with Gasteiger partial charge in [0.2, 0.25) is 5.91 Å². The fourth-order valence-electron chi connectivity index (χ4n) is 7.42. The lowest BCUT2D eigenvalue weighted by molar-refractivity contribution is -0.302. The highest BCUT2D eigenvalue weighted by Gasteiger charge is 2.44. The van der Waals surface area contributed by atoms with E-state index in [0.717, 1.165) is 64.2 Å². The second kappa shape index (κ2) is 40.2. The number of allylic oxidation sites excluding steroid dienone is 7. The molecular weight excluding hydrogens is 743 g/mol. The van der Waals surface area contributed by atoms with Gasteiger partial charge < -0.3 is 40.3 Å². The molecule has 7 unspecified atom stereocenters. The van der Waals surface area contributed by atoms with Crippen molar-refractivity contribution in [2.45, 2.75) is 249 Å². The van der Waals surface area contributed by atoms with Gasteiger partial charge in [-0.3, -0.25) is 4.79 Å². The van der Waals surface area contributed by atoms with Gasteiger partial charge in [-0.15, -0.1) is 0 Å². The first kappa shape index (κ1) is 55.2. The average molecular weight is 834 g/mol. The molecule has 9 nitrogen and oxygen atoms in total. The summed E-state index contributed by atoms with van der Waals surface area (Å²) in [6, 6.07) is -0.829. The fourth-order valence-corrected chi connectivity index (χ4v) is 7.42. The monoisotopic (exact) mass is 834 g/mol. The molecule has 0 aromatic carbocycles. The minimum atomic E-state index is -1.57. The van der Waals surface area contributed by atoms with Gasteiger partial charge in [-0.05, 0) is 70.6 Å². The van der Waals surface area contributed by atoms with Crippen LogP contribution in [0.25, 0.3) is 0 Å². The van der Waals surface area contributed by atoms with E-state index in [1.165, 1.54) is 122 Å². The minimum absolute atomic E-state index is 0.197. The number of hydrogen-bond donors (Lipinski definition) is 6. The van der Waals surface area contributed by atoms with E-state index in [4.69, 9.17) is 9.47 Å². The maximum Gasteiger partial charge on any atom is 0.220 e. The molecule has 1 amide bonds. The second-order valence-electron chi connectivity index (χ2n) is 16.9. The number of carbonyl (C=O) groups excluding carboxylic acids is 1. The van der Waals surface area contributed by atoms with Crippen LogP contribution in [0.3, 0.4) is 0 Å². The smallest absolute Gasteiger partial charge is 0.220 e. The first-order valence-electron chi connectivity index (χ1n) is 24.4. The van der Waals surface area contributed by atoms with Crippen LogP contribution in [0.4, 0.5) is 0 Å². The van der Waals surface area contributed by atoms with Gasteiger partial charge in [0.25, 0.3) is 0 Å². The summed E-state index contributed by atoms with van der Waals surface area (Å²) in [7, 11) is 0. The molecule has 6 N–H and O–H groups in total. The van der Waals surface area contributed by atoms with Crippen molar-refractivity contribution >= 4 is 5.91 Å². The number of unbranched alkanes of at least 4 members (excludes halogenated alkanes) is 24. The molecule has 0 spiro atoms. The second-order valence-corrected chi connectivity index (χ2v) is 16.9. The van der Waals surface area contributed by atoms with E-state index in [1.807, 2.05) is 6.08 Å². The van der Waals surface area contributed by atoms with Gasteiger partial charge in [-0.25, -0.2) is 0 Å². The first-order chi connectivity index (χ1) is 28.8. The number of rotatable bonds is 40. The Labute approximate surface area is 361 Å². The van der Waals surface area contributed by atoms with Gasteiger partial charge >= 0.3 is 0 Å². The van der Waals surface area contributed by atoms with Crippen LogP contribution in [-0.4, -0.2) is 87.5 Å². The predicted molar refractivity (Wildman–Crippen MR) is 244 cm³/mol. The van der Waals surface area contributed by atoms with Crippen LogP contribution >= 0.6 is 0 Å². The third kappa shape index (κ3) is 30.8. The van der Waals surface area contributed by atoms with Crippen molar-refractivity contribution in [2.75, 3.05) is 13.2 Å². The summed E-state index contributed by atoms with van der Waals surface area (Å²) in [5, 5.41) is 54.2. The number of hydrogen-bond acceptors (Lipinski definition) is 8. The number of amides is 1. The molecule has 344 valence electrons.